The number of ether oxygens (including phenoxy) is 2. The number of benzene rings is 2. The van der Waals surface area contributed by atoms with Crippen LogP contribution in [0, 0.1) is 20.2 Å². The van der Waals surface area contributed by atoms with Crippen LogP contribution in [0.2, 0.25) is 0 Å². The number of rotatable bonds is 11. The van der Waals surface area contributed by atoms with E-state index in [9.17, 15) is 30.4 Å². The van der Waals surface area contributed by atoms with E-state index in [1.807, 2.05) is 41.5 Å². The summed E-state index contributed by atoms with van der Waals surface area (Å²) in [4.78, 5) is 31.1. The third kappa shape index (κ3) is 9.31. The van der Waals surface area contributed by atoms with E-state index in [4.69, 9.17) is 9.47 Å². The van der Waals surface area contributed by atoms with E-state index in [1.165, 1.54) is 50.9 Å². The molecule has 0 aliphatic heterocycles. The molecular weight excluding hydrogens is 579 g/mol. The third-order valence-corrected chi connectivity index (χ3v) is 6.22. The van der Waals surface area contributed by atoms with E-state index in [0.717, 1.165) is 0 Å². The molecule has 2 atom stereocenters. The van der Waals surface area contributed by atoms with Crippen LogP contribution in [0.1, 0.15) is 63.8 Å². The SMILES string of the molecule is COC[C@@H](N=Cc1cc([N+](=O)[O-])cc(C(C)(C)C)c1O)[C@@H](COC)N=Cc1cc([N+](=O)[O-])cc(C(C)(C)C)c1O.[Ni]. The molecule has 13 heteroatoms. The quantitative estimate of drug-likeness (QED) is 0.152. The van der Waals surface area contributed by atoms with Gasteiger partial charge in [0.25, 0.3) is 11.4 Å². The predicted molar refractivity (Wildman–Crippen MR) is 153 cm³/mol. The van der Waals surface area contributed by atoms with Gasteiger partial charge in [0, 0.05) is 89.7 Å². The molecule has 12 nitrogen and oxygen atoms in total. The van der Waals surface area contributed by atoms with E-state index in [0.29, 0.717) is 11.1 Å². The number of methoxy groups -OCH3 is 2. The number of nitrogens with zero attached hydrogens (tertiary/aromatic N) is 4. The van der Waals surface area contributed by atoms with Crippen LogP contribution in [0.3, 0.4) is 0 Å². The average molecular weight is 617 g/mol. The Morgan fingerprint density at radius 1 is 0.756 bits per heavy atom. The number of phenols is 2. The van der Waals surface area contributed by atoms with Crippen LogP contribution in [0.25, 0.3) is 0 Å². The molecule has 0 spiro atoms. The van der Waals surface area contributed by atoms with Gasteiger partial charge in [-0.3, -0.25) is 30.2 Å². The molecule has 0 radical (unpaired) electrons. The number of aromatic hydroxyl groups is 2. The number of nitro groups is 2. The molecule has 2 aromatic carbocycles. The first-order valence-electron chi connectivity index (χ1n) is 12.6. The Hall–Kier alpha value is -3.41. The Morgan fingerprint density at radius 3 is 1.32 bits per heavy atom. The van der Waals surface area contributed by atoms with Crippen molar-refractivity contribution in [1.82, 2.24) is 0 Å². The molecule has 0 heterocycles. The maximum Gasteiger partial charge on any atom is 0.270 e. The minimum absolute atomic E-state index is 0. The van der Waals surface area contributed by atoms with Crippen LogP contribution in [-0.4, -0.2) is 72.0 Å². The van der Waals surface area contributed by atoms with Crippen LogP contribution in [-0.2, 0) is 36.8 Å². The number of non-ortho nitro benzene ring substituents is 2. The van der Waals surface area contributed by atoms with Crippen LogP contribution >= 0.6 is 0 Å². The summed E-state index contributed by atoms with van der Waals surface area (Å²) in [5.41, 5.74) is -0.399. The normalized spacial score (nSPS) is 13.8. The largest absolute Gasteiger partial charge is 0.507 e. The smallest absolute Gasteiger partial charge is 0.270 e. The Kier molecular flexibility index (Phi) is 12.6. The van der Waals surface area contributed by atoms with Gasteiger partial charge in [-0.1, -0.05) is 41.5 Å². The Balaban J connectivity index is 0.00000840. The molecule has 41 heavy (non-hydrogen) atoms. The first kappa shape index (κ1) is 35.6. The first-order valence-corrected chi connectivity index (χ1v) is 12.6. The van der Waals surface area contributed by atoms with E-state index in [1.54, 1.807) is 0 Å². The maximum absolute atomic E-state index is 11.5. The average Bonchev–Trinajstić information content (AvgIpc) is 2.84. The molecule has 0 aromatic heterocycles. The molecule has 0 fully saturated rings. The van der Waals surface area contributed by atoms with Gasteiger partial charge in [0.1, 0.15) is 11.5 Å². The zero-order valence-electron chi connectivity index (χ0n) is 24.5. The summed E-state index contributed by atoms with van der Waals surface area (Å²) in [7, 11) is 2.95. The van der Waals surface area contributed by atoms with Gasteiger partial charge in [-0.25, -0.2) is 0 Å². The van der Waals surface area contributed by atoms with Crippen molar-refractivity contribution in [2.75, 3.05) is 27.4 Å². The first-order chi connectivity index (χ1) is 18.5. The standard InChI is InChI=1S/C28H38N4O8.Ni/c1-27(2,3)21-11-19(31(35)36)9-17(25(21)33)13-29-23(15-39-7)24(16-40-8)30-14-18-10-20(32(37)38)12-22(26(18)34)28(4,5)6;/h9-14,23-24,33-34H,15-16H2,1-8H3;/t23-,24-;/m1./s1. The summed E-state index contributed by atoms with van der Waals surface area (Å²) < 4.78 is 10.7. The second kappa shape index (κ2) is 14.5. The molecule has 0 saturated carbocycles. The zero-order chi connectivity index (χ0) is 30.4. The van der Waals surface area contributed by atoms with Crippen LogP contribution < -0.4 is 0 Å². The van der Waals surface area contributed by atoms with Crippen LogP contribution in [0.5, 0.6) is 11.5 Å². The Labute approximate surface area is 249 Å². The maximum atomic E-state index is 11.5. The number of hydrogen-bond donors (Lipinski definition) is 2. The van der Waals surface area contributed by atoms with Crippen LogP contribution in [0.15, 0.2) is 34.3 Å². The van der Waals surface area contributed by atoms with Gasteiger partial charge in [-0.05, 0) is 10.8 Å². The number of phenolic OH excluding ortho intramolecular Hbond substituents is 2. The minimum atomic E-state index is -0.666. The fourth-order valence-corrected chi connectivity index (χ4v) is 4.03. The number of aliphatic imine (C=N–C) groups is 2. The van der Waals surface area contributed by atoms with Crippen molar-refractivity contribution in [1.29, 1.82) is 0 Å². The van der Waals surface area contributed by atoms with Crippen LogP contribution in [0.4, 0.5) is 11.4 Å². The second-order valence-corrected chi connectivity index (χ2v) is 11.5. The molecule has 0 unspecified atom stereocenters. The summed E-state index contributed by atoms with van der Waals surface area (Å²) in [6.45, 7) is 11.2. The molecule has 0 amide bonds. The molecular formula is C28H38N4NiO8. The number of hydrogen-bond acceptors (Lipinski definition) is 10. The van der Waals surface area contributed by atoms with Crippen molar-refractivity contribution in [3.8, 4) is 11.5 Å². The third-order valence-electron chi connectivity index (χ3n) is 6.22. The molecule has 2 aromatic rings. The zero-order valence-corrected chi connectivity index (χ0v) is 25.5. The van der Waals surface area contributed by atoms with E-state index < -0.39 is 32.8 Å². The topological polar surface area (TPSA) is 170 Å². The van der Waals surface area contributed by atoms with Crippen molar-refractivity contribution < 1.29 is 46.0 Å². The van der Waals surface area contributed by atoms with Gasteiger partial charge in [-0.15, -0.1) is 0 Å². The molecule has 2 rings (SSSR count). The molecule has 0 aliphatic carbocycles. The summed E-state index contributed by atoms with van der Waals surface area (Å²) >= 11 is 0. The van der Waals surface area contributed by atoms with Crippen molar-refractivity contribution >= 4 is 23.8 Å². The Bertz CT molecular complexity index is 1200. The summed E-state index contributed by atoms with van der Waals surface area (Å²) in [6.07, 6.45) is 2.67. The van der Waals surface area contributed by atoms with E-state index in [2.05, 4.69) is 9.98 Å². The molecule has 0 saturated heterocycles. The van der Waals surface area contributed by atoms with E-state index >= 15 is 0 Å². The van der Waals surface area contributed by atoms with Gasteiger partial charge in [0.2, 0.25) is 0 Å². The molecule has 228 valence electrons. The number of nitro benzene ring substituents is 2. The summed E-state index contributed by atoms with van der Waals surface area (Å²) in [6, 6.07) is 3.83. The van der Waals surface area contributed by atoms with Crippen molar-refractivity contribution in [2.24, 2.45) is 9.98 Å². The van der Waals surface area contributed by atoms with Crippen molar-refractivity contribution in [3.63, 3.8) is 0 Å². The van der Waals surface area contributed by atoms with Gasteiger partial charge < -0.3 is 19.7 Å². The summed E-state index contributed by atoms with van der Waals surface area (Å²) in [5, 5.41) is 44.8. The molecule has 0 bridgehead atoms. The van der Waals surface area contributed by atoms with Gasteiger partial charge >= 0.3 is 0 Å². The summed E-state index contributed by atoms with van der Waals surface area (Å²) in [5.74, 6) is -0.248. The fraction of sp³-hybridized carbons (Fsp3) is 0.500. The molecule has 0 aliphatic rings. The molecule has 2 N–H and O–H groups in total. The Morgan fingerprint density at radius 2 is 1.07 bits per heavy atom. The fourth-order valence-electron chi connectivity index (χ4n) is 4.03. The van der Waals surface area contributed by atoms with Crippen molar-refractivity contribution in [3.05, 3.63) is 66.7 Å². The minimum Gasteiger partial charge on any atom is -0.507 e. The second-order valence-electron chi connectivity index (χ2n) is 11.5. The predicted octanol–water partition coefficient (Wildman–Crippen LogP) is 5.07. The van der Waals surface area contributed by atoms with Gasteiger partial charge in [-0.2, -0.15) is 0 Å². The monoisotopic (exact) mass is 616 g/mol. The van der Waals surface area contributed by atoms with Gasteiger partial charge in [0.15, 0.2) is 0 Å². The van der Waals surface area contributed by atoms with E-state index in [-0.39, 0.29) is 63.7 Å². The van der Waals surface area contributed by atoms with Crippen molar-refractivity contribution in [2.45, 2.75) is 64.5 Å². The van der Waals surface area contributed by atoms with Gasteiger partial charge in [0.05, 0.1) is 35.1 Å².